The van der Waals surface area contributed by atoms with E-state index in [1.165, 1.54) is 11.8 Å². The lowest BCUT2D eigenvalue weighted by atomic mass is 10.1. The SMILES string of the molecule is CSc1nc(C)c(Cc2ccc(Br)cc2)c(=O)[nH]1. The molecule has 3 nitrogen and oxygen atoms in total. The van der Waals surface area contributed by atoms with E-state index in [1.54, 1.807) is 0 Å². The molecular weight excluding hydrogens is 312 g/mol. The van der Waals surface area contributed by atoms with Crippen LogP contribution >= 0.6 is 27.7 Å². The molecule has 1 heterocycles. The first-order valence-electron chi connectivity index (χ1n) is 5.48. The number of aromatic nitrogens is 2. The topological polar surface area (TPSA) is 45.8 Å². The summed E-state index contributed by atoms with van der Waals surface area (Å²) in [5.41, 5.74) is 2.58. The molecule has 0 saturated carbocycles. The number of thioether (sulfide) groups is 1. The van der Waals surface area contributed by atoms with Crippen molar-refractivity contribution in [2.24, 2.45) is 0 Å². The maximum Gasteiger partial charge on any atom is 0.255 e. The van der Waals surface area contributed by atoms with Gasteiger partial charge in [0.25, 0.3) is 5.56 Å². The fraction of sp³-hybridized carbons (Fsp3) is 0.231. The number of nitrogens with zero attached hydrogens (tertiary/aromatic N) is 1. The van der Waals surface area contributed by atoms with E-state index >= 15 is 0 Å². The first-order valence-corrected chi connectivity index (χ1v) is 7.50. The second kappa shape index (κ2) is 5.71. The van der Waals surface area contributed by atoms with Gasteiger partial charge in [0, 0.05) is 22.2 Å². The molecule has 1 aromatic carbocycles. The van der Waals surface area contributed by atoms with Gasteiger partial charge in [-0.15, -0.1) is 0 Å². The van der Waals surface area contributed by atoms with Crippen LogP contribution in [0.4, 0.5) is 0 Å². The van der Waals surface area contributed by atoms with Crippen LogP contribution < -0.4 is 5.56 Å². The van der Waals surface area contributed by atoms with Crippen molar-refractivity contribution in [3.05, 3.63) is 55.9 Å². The molecule has 2 rings (SSSR count). The fourth-order valence-corrected chi connectivity index (χ4v) is 2.38. The minimum absolute atomic E-state index is 0.0465. The Balaban J connectivity index is 2.35. The van der Waals surface area contributed by atoms with Crippen molar-refractivity contribution < 1.29 is 0 Å². The maximum atomic E-state index is 12.0. The highest BCUT2D eigenvalue weighted by molar-refractivity contribution is 9.10. The summed E-state index contributed by atoms with van der Waals surface area (Å²) in [5.74, 6) is 0. The molecule has 0 aliphatic heterocycles. The summed E-state index contributed by atoms with van der Waals surface area (Å²) in [6.07, 6.45) is 2.50. The van der Waals surface area contributed by atoms with E-state index in [4.69, 9.17) is 0 Å². The zero-order chi connectivity index (χ0) is 13.1. The molecule has 0 spiro atoms. The minimum atomic E-state index is -0.0465. The third kappa shape index (κ3) is 3.03. The lowest BCUT2D eigenvalue weighted by Crippen LogP contribution is -2.17. The molecule has 94 valence electrons. The van der Waals surface area contributed by atoms with Crippen LogP contribution in [-0.4, -0.2) is 16.2 Å². The molecule has 5 heteroatoms. The average Bonchev–Trinajstić information content (AvgIpc) is 2.35. The summed E-state index contributed by atoms with van der Waals surface area (Å²) >= 11 is 4.84. The Morgan fingerprint density at radius 2 is 2.00 bits per heavy atom. The third-order valence-corrected chi connectivity index (χ3v) is 3.80. The van der Waals surface area contributed by atoms with E-state index in [1.807, 2.05) is 37.4 Å². The summed E-state index contributed by atoms with van der Waals surface area (Å²) in [4.78, 5) is 19.1. The molecule has 18 heavy (non-hydrogen) atoms. The van der Waals surface area contributed by atoms with Crippen molar-refractivity contribution in [3.8, 4) is 0 Å². The maximum absolute atomic E-state index is 12.0. The zero-order valence-electron chi connectivity index (χ0n) is 10.2. The number of nitrogens with one attached hydrogen (secondary N) is 1. The van der Waals surface area contributed by atoms with Crippen LogP contribution in [-0.2, 0) is 6.42 Å². The molecule has 0 saturated heterocycles. The quantitative estimate of drug-likeness (QED) is 0.696. The molecule has 1 aromatic heterocycles. The molecule has 0 radical (unpaired) electrons. The number of aromatic amines is 1. The van der Waals surface area contributed by atoms with Crippen LogP contribution in [0, 0.1) is 6.92 Å². The summed E-state index contributed by atoms with van der Waals surface area (Å²) < 4.78 is 1.03. The van der Waals surface area contributed by atoms with Crippen LogP contribution in [0.25, 0.3) is 0 Å². The molecule has 0 aliphatic rings. The normalized spacial score (nSPS) is 10.6. The second-order valence-electron chi connectivity index (χ2n) is 3.94. The molecule has 2 aromatic rings. The van der Waals surface area contributed by atoms with Gasteiger partial charge >= 0.3 is 0 Å². The van der Waals surface area contributed by atoms with Gasteiger partial charge in [-0.05, 0) is 30.9 Å². The van der Waals surface area contributed by atoms with Crippen molar-refractivity contribution in [3.63, 3.8) is 0 Å². The van der Waals surface area contributed by atoms with Crippen LogP contribution in [0.15, 0.2) is 38.7 Å². The predicted molar refractivity (Wildman–Crippen MR) is 78.3 cm³/mol. The first-order chi connectivity index (χ1) is 8.60. The van der Waals surface area contributed by atoms with Gasteiger partial charge in [0.15, 0.2) is 5.16 Å². The molecule has 0 amide bonds. The van der Waals surface area contributed by atoms with E-state index in [0.29, 0.717) is 11.6 Å². The number of benzene rings is 1. The van der Waals surface area contributed by atoms with Crippen LogP contribution in [0.1, 0.15) is 16.8 Å². The molecule has 0 aliphatic carbocycles. The first kappa shape index (κ1) is 13.4. The number of aryl methyl sites for hydroxylation is 1. The predicted octanol–water partition coefficient (Wildman–Crippen LogP) is 3.15. The number of hydrogen-bond acceptors (Lipinski definition) is 3. The van der Waals surface area contributed by atoms with E-state index in [9.17, 15) is 4.79 Å². The second-order valence-corrected chi connectivity index (χ2v) is 5.65. The van der Waals surface area contributed by atoms with E-state index in [2.05, 4.69) is 25.9 Å². The van der Waals surface area contributed by atoms with Crippen molar-refractivity contribution in [2.75, 3.05) is 6.26 Å². The number of H-pyrrole nitrogens is 1. The largest absolute Gasteiger partial charge is 0.301 e. The number of rotatable bonds is 3. The Morgan fingerprint density at radius 1 is 1.33 bits per heavy atom. The molecule has 1 N–H and O–H groups in total. The fourth-order valence-electron chi connectivity index (χ4n) is 1.70. The summed E-state index contributed by atoms with van der Waals surface area (Å²) in [6.45, 7) is 1.88. The average molecular weight is 325 g/mol. The monoisotopic (exact) mass is 324 g/mol. The van der Waals surface area contributed by atoms with Gasteiger partial charge < -0.3 is 4.98 Å². The Bertz CT molecular complexity index is 607. The van der Waals surface area contributed by atoms with E-state index < -0.39 is 0 Å². The highest BCUT2D eigenvalue weighted by Gasteiger charge is 2.08. The standard InChI is InChI=1S/C13H13BrN2OS/c1-8-11(12(17)16-13(15-8)18-2)7-9-3-5-10(14)6-4-9/h3-6H,7H2,1-2H3,(H,15,16,17). The number of hydrogen-bond donors (Lipinski definition) is 1. The Labute approximate surface area is 118 Å². The smallest absolute Gasteiger partial charge is 0.255 e. The van der Waals surface area contributed by atoms with Crippen molar-refractivity contribution in [1.82, 2.24) is 9.97 Å². The van der Waals surface area contributed by atoms with Crippen LogP contribution in [0.5, 0.6) is 0 Å². The van der Waals surface area contributed by atoms with Gasteiger partial charge in [-0.3, -0.25) is 4.79 Å². The summed E-state index contributed by atoms with van der Waals surface area (Å²) in [5, 5.41) is 0.664. The van der Waals surface area contributed by atoms with Gasteiger partial charge in [-0.1, -0.05) is 39.8 Å². The minimum Gasteiger partial charge on any atom is -0.301 e. The lowest BCUT2D eigenvalue weighted by Gasteiger charge is -2.06. The molecule has 0 unspecified atom stereocenters. The lowest BCUT2D eigenvalue weighted by molar-refractivity contribution is 0.868. The molecule has 0 atom stereocenters. The van der Waals surface area contributed by atoms with Gasteiger partial charge in [0.1, 0.15) is 0 Å². The van der Waals surface area contributed by atoms with Crippen LogP contribution in [0.3, 0.4) is 0 Å². The van der Waals surface area contributed by atoms with Crippen molar-refractivity contribution in [2.45, 2.75) is 18.5 Å². The molecule has 0 fully saturated rings. The Morgan fingerprint density at radius 3 is 2.56 bits per heavy atom. The summed E-state index contributed by atoms with van der Waals surface area (Å²) in [7, 11) is 0. The third-order valence-electron chi connectivity index (χ3n) is 2.69. The van der Waals surface area contributed by atoms with Gasteiger partial charge in [0.2, 0.25) is 0 Å². The number of halogens is 1. The van der Waals surface area contributed by atoms with Gasteiger partial charge in [0.05, 0.1) is 0 Å². The molecular formula is C13H13BrN2OS. The van der Waals surface area contributed by atoms with Gasteiger partial charge in [-0.25, -0.2) is 4.98 Å². The molecule has 0 bridgehead atoms. The van der Waals surface area contributed by atoms with E-state index in [-0.39, 0.29) is 5.56 Å². The highest BCUT2D eigenvalue weighted by atomic mass is 79.9. The summed E-state index contributed by atoms with van der Waals surface area (Å²) in [6, 6.07) is 7.96. The van der Waals surface area contributed by atoms with Gasteiger partial charge in [-0.2, -0.15) is 0 Å². The Hall–Kier alpha value is -1.07. The van der Waals surface area contributed by atoms with Crippen molar-refractivity contribution in [1.29, 1.82) is 0 Å². The van der Waals surface area contributed by atoms with E-state index in [0.717, 1.165) is 21.3 Å². The highest BCUT2D eigenvalue weighted by Crippen LogP contribution is 2.15. The van der Waals surface area contributed by atoms with Crippen LogP contribution in [0.2, 0.25) is 0 Å². The van der Waals surface area contributed by atoms with Crippen molar-refractivity contribution >= 4 is 27.7 Å². The Kier molecular flexibility index (Phi) is 4.24. The zero-order valence-corrected chi connectivity index (χ0v) is 12.6.